The molecule has 0 saturated carbocycles. The summed E-state index contributed by atoms with van der Waals surface area (Å²) in [6.45, 7) is -0.627. The summed E-state index contributed by atoms with van der Waals surface area (Å²) in [6, 6.07) is 5.42. The van der Waals surface area contributed by atoms with Crippen LogP contribution in [0.1, 0.15) is 11.1 Å². The quantitative estimate of drug-likeness (QED) is 0.756. The lowest BCUT2D eigenvalue weighted by molar-refractivity contribution is -0.138. The molecule has 0 aliphatic rings. The molecule has 19 heavy (non-hydrogen) atoms. The number of carbonyl (C=O) groups is 2. The smallest absolute Gasteiger partial charge is 0.317 e. The Morgan fingerprint density at radius 2 is 2.11 bits per heavy atom. The average Bonchev–Trinajstić information content (AvgIpc) is 2.29. The lowest BCUT2D eigenvalue weighted by Gasteiger charge is -2.19. The number of carboxylic acids is 1. The zero-order chi connectivity index (χ0) is 14.4. The summed E-state index contributed by atoms with van der Waals surface area (Å²) < 4.78 is 13.0. The molecule has 0 radical (unpaired) electrons. The van der Waals surface area contributed by atoms with Crippen molar-refractivity contribution in [2.75, 3.05) is 13.1 Å². The van der Waals surface area contributed by atoms with Crippen molar-refractivity contribution < 1.29 is 19.1 Å². The van der Waals surface area contributed by atoms with Crippen molar-refractivity contribution in [3.8, 4) is 6.07 Å². The molecule has 0 saturated heterocycles. The Morgan fingerprint density at radius 1 is 1.42 bits per heavy atom. The van der Waals surface area contributed by atoms with E-state index in [1.165, 1.54) is 17.0 Å². The Labute approximate surface area is 108 Å². The van der Waals surface area contributed by atoms with E-state index in [9.17, 15) is 14.0 Å². The van der Waals surface area contributed by atoms with Gasteiger partial charge < -0.3 is 10.8 Å². The van der Waals surface area contributed by atoms with E-state index in [-0.39, 0.29) is 18.7 Å². The third kappa shape index (κ3) is 4.73. The standard InChI is InChI=1S/C12H12FN3O3/c13-10-2-1-8(9(3-10)4-14)5-16(6-11(15)17)7-12(18)19/h1-3H,5-7H2,(H2,15,17)(H,18,19). The SMILES string of the molecule is N#Cc1cc(F)ccc1CN(CC(N)=O)CC(=O)O. The van der Waals surface area contributed by atoms with Gasteiger partial charge in [0, 0.05) is 6.54 Å². The Bertz CT molecular complexity index is 524. The summed E-state index contributed by atoms with van der Waals surface area (Å²) in [5.41, 5.74) is 5.55. The number of rotatable bonds is 6. The van der Waals surface area contributed by atoms with Gasteiger partial charge in [-0.3, -0.25) is 14.5 Å². The summed E-state index contributed by atoms with van der Waals surface area (Å²) in [5, 5.41) is 17.6. The number of carbonyl (C=O) groups excluding carboxylic acids is 1. The van der Waals surface area contributed by atoms with Gasteiger partial charge >= 0.3 is 5.97 Å². The van der Waals surface area contributed by atoms with E-state index in [4.69, 9.17) is 16.1 Å². The molecule has 0 unspecified atom stereocenters. The van der Waals surface area contributed by atoms with Crippen molar-refractivity contribution in [3.05, 3.63) is 35.1 Å². The number of primary amides is 1. The first-order chi connectivity index (χ1) is 8.92. The molecular formula is C12H12FN3O3. The minimum Gasteiger partial charge on any atom is -0.480 e. The molecule has 100 valence electrons. The Morgan fingerprint density at radius 3 is 2.63 bits per heavy atom. The van der Waals surface area contributed by atoms with Crippen LogP contribution in [0.2, 0.25) is 0 Å². The van der Waals surface area contributed by atoms with E-state index in [0.29, 0.717) is 5.56 Å². The van der Waals surface area contributed by atoms with Crippen LogP contribution < -0.4 is 5.73 Å². The molecule has 0 bridgehead atoms. The second-order valence-corrected chi connectivity index (χ2v) is 3.92. The Balaban J connectivity index is 2.92. The number of halogens is 1. The number of hydrogen-bond donors (Lipinski definition) is 2. The van der Waals surface area contributed by atoms with E-state index < -0.39 is 24.2 Å². The first kappa shape index (κ1) is 14.6. The van der Waals surface area contributed by atoms with Crippen LogP contribution >= 0.6 is 0 Å². The van der Waals surface area contributed by atoms with Gasteiger partial charge in [0.05, 0.1) is 24.7 Å². The minimum absolute atomic E-state index is 0.0262. The summed E-state index contributed by atoms with van der Waals surface area (Å²) in [4.78, 5) is 22.8. The maximum Gasteiger partial charge on any atom is 0.317 e. The highest BCUT2D eigenvalue weighted by molar-refractivity contribution is 5.77. The number of nitrogens with two attached hydrogens (primary N) is 1. The number of hydrogen-bond acceptors (Lipinski definition) is 4. The van der Waals surface area contributed by atoms with Crippen molar-refractivity contribution >= 4 is 11.9 Å². The predicted octanol–water partition coefficient (Wildman–Crippen LogP) is 0.0693. The van der Waals surface area contributed by atoms with Crippen LogP contribution in [0.3, 0.4) is 0 Å². The van der Waals surface area contributed by atoms with Crippen LogP contribution in [0.25, 0.3) is 0 Å². The molecule has 0 heterocycles. The van der Waals surface area contributed by atoms with E-state index >= 15 is 0 Å². The van der Waals surface area contributed by atoms with Crippen molar-refractivity contribution in [3.63, 3.8) is 0 Å². The Kier molecular flexibility index (Phi) is 4.97. The van der Waals surface area contributed by atoms with Gasteiger partial charge in [0.15, 0.2) is 0 Å². The molecule has 0 aliphatic heterocycles. The third-order valence-corrected chi connectivity index (χ3v) is 2.32. The van der Waals surface area contributed by atoms with Gasteiger partial charge in [-0.2, -0.15) is 5.26 Å². The van der Waals surface area contributed by atoms with Crippen molar-refractivity contribution in [2.24, 2.45) is 5.73 Å². The van der Waals surface area contributed by atoms with E-state index in [2.05, 4.69) is 0 Å². The molecule has 7 heteroatoms. The largest absolute Gasteiger partial charge is 0.480 e. The minimum atomic E-state index is -1.12. The number of amides is 1. The van der Waals surface area contributed by atoms with E-state index in [0.717, 1.165) is 6.07 Å². The maximum absolute atomic E-state index is 13.0. The fraction of sp³-hybridized carbons (Fsp3) is 0.250. The lowest BCUT2D eigenvalue weighted by Crippen LogP contribution is -2.37. The molecule has 0 fully saturated rings. The third-order valence-electron chi connectivity index (χ3n) is 2.32. The van der Waals surface area contributed by atoms with Crippen molar-refractivity contribution in [1.29, 1.82) is 5.26 Å². The lowest BCUT2D eigenvalue weighted by atomic mass is 10.1. The fourth-order valence-electron chi connectivity index (χ4n) is 1.61. The fourth-order valence-corrected chi connectivity index (χ4v) is 1.61. The zero-order valence-electron chi connectivity index (χ0n) is 9.97. The zero-order valence-corrected chi connectivity index (χ0v) is 9.97. The van der Waals surface area contributed by atoms with Crippen LogP contribution in [0.4, 0.5) is 4.39 Å². The molecule has 0 aromatic heterocycles. The monoisotopic (exact) mass is 265 g/mol. The summed E-state index contributed by atoms with van der Waals surface area (Å²) in [6.07, 6.45) is 0. The van der Waals surface area contributed by atoms with Gasteiger partial charge in [-0.25, -0.2) is 4.39 Å². The molecule has 0 spiro atoms. The average molecular weight is 265 g/mol. The summed E-state index contributed by atoms with van der Waals surface area (Å²) in [5.74, 6) is -2.36. The van der Waals surface area contributed by atoms with E-state index in [1.54, 1.807) is 0 Å². The highest BCUT2D eigenvalue weighted by atomic mass is 19.1. The van der Waals surface area contributed by atoms with Gasteiger partial charge in [0.25, 0.3) is 0 Å². The first-order valence-electron chi connectivity index (χ1n) is 5.33. The molecular weight excluding hydrogens is 253 g/mol. The molecule has 1 amide bonds. The Hall–Kier alpha value is -2.46. The molecule has 0 atom stereocenters. The van der Waals surface area contributed by atoms with Crippen molar-refractivity contribution in [1.82, 2.24) is 4.90 Å². The second-order valence-electron chi connectivity index (χ2n) is 3.92. The highest BCUT2D eigenvalue weighted by Gasteiger charge is 2.15. The summed E-state index contributed by atoms with van der Waals surface area (Å²) >= 11 is 0. The number of nitriles is 1. The molecule has 1 rings (SSSR count). The van der Waals surface area contributed by atoms with Crippen molar-refractivity contribution in [2.45, 2.75) is 6.54 Å². The van der Waals surface area contributed by atoms with Gasteiger partial charge in [0.2, 0.25) is 5.91 Å². The van der Waals surface area contributed by atoms with E-state index in [1.807, 2.05) is 6.07 Å². The molecule has 1 aromatic rings. The molecule has 0 aliphatic carbocycles. The van der Waals surface area contributed by atoms with Gasteiger partial charge in [-0.1, -0.05) is 6.07 Å². The normalized spacial score (nSPS) is 10.2. The molecule has 1 aromatic carbocycles. The predicted molar refractivity (Wildman–Crippen MR) is 63.2 cm³/mol. The number of nitrogens with zero attached hydrogens (tertiary/aromatic N) is 2. The van der Waals surface area contributed by atoms with Crippen LogP contribution in [-0.2, 0) is 16.1 Å². The first-order valence-corrected chi connectivity index (χ1v) is 5.33. The van der Waals surface area contributed by atoms with Crippen LogP contribution in [-0.4, -0.2) is 35.0 Å². The van der Waals surface area contributed by atoms with Crippen LogP contribution in [0.15, 0.2) is 18.2 Å². The summed E-state index contributed by atoms with van der Waals surface area (Å²) in [7, 11) is 0. The molecule has 3 N–H and O–H groups in total. The number of benzene rings is 1. The van der Waals surface area contributed by atoms with Gasteiger partial charge in [-0.05, 0) is 17.7 Å². The topological polar surface area (TPSA) is 107 Å². The highest BCUT2D eigenvalue weighted by Crippen LogP contribution is 2.13. The second kappa shape index (κ2) is 6.47. The van der Waals surface area contributed by atoms with Crippen LogP contribution in [0, 0.1) is 17.1 Å². The number of aliphatic carboxylic acids is 1. The van der Waals surface area contributed by atoms with Gasteiger partial charge in [0.1, 0.15) is 5.82 Å². The van der Waals surface area contributed by atoms with Crippen LogP contribution in [0.5, 0.6) is 0 Å². The maximum atomic E-state index is 13.0. The number of carboxylic acid groups (broad SMARTS) is 1. The van der Waals surface area contributed by atoms with Gasteiger partial charge in [-0.15, -0.1) is 0 Å². The molecule has 6 nitrogen and oxygen atoms in total.